The van der Waals surface area contributed by atoms with Crippen LogP contribution in [0.4, 0.5) is 4.39 Å². The largest absolute Gasteiger partial charge is 0.367 e. The van der Waals surface area contributed by atoms with E-state index in [0.29, 0.717) is 0 Å². The first kappa shape index (κ1) is 13.8. The number of rotatable bonds is 3. The third kappa shape index (κ3) is 2.88. The summed E-state index contributed by atoms with van der Waals surface area (Å²) in [6.07, 6.45) is 4.06. The number of H-pyrrole nitrogens is 1. The Kier molecular flexibility index (Phi) is 3.42. The SMILES string of the molecule is Fc1ccc(CN2C=Cc3nc(-c4ccccc4)[nH]c3C2)cc1. The zero-order chi connectivity index (χ0) is 15.6. The third-order valence-corrected chi connectivity index (χ3v) is 3.96. The van der Waals surface area contributed by atoms with E-state index in [-0.39, 0.29) is 5.82 Å². The molecule has 1 aromatic heterocycles. The van der Waals surface area contributed by atoms with Crippen molar-refractivity contribution in [2.45, 2.75) is 13.1 Å². The Hall–Kier alpha value is -2.88. The van der Waals surface area contributed by atoms with Crippen molar-refractivity contribution in [1.82, 2.24) is 14.9 Å². The summed E-state index contributed by atoms with van der Waals surface area (Å²) >= 11 is 0. The molecule has 1 aliphatic heterocycles. The van der Waals surface area contributed by atoms with E-state index in [9.17, 15) is 4.39 Å². The third-order valence-electron chi connectivity index (χ3n) is 3.96. The summed E-state index contributed by atoms with van der Waals surface area (Å²) in [5.41, 5.74) is 4.26. The van der Waals surface area contributed by atoms with Gasteiger partial charge in [-0.05, 0) is 23.8 Å². The topological polar surface area (TPSA) is 31.9 Å². The van der Waals surface area contributed by atoms with Gasteiger partial charge in [-0.2, -0.15) is 0 Å². The molecule has 0 unspecified atom stereocenters. The Morgan fingerprint density at radius 3 is 2.61 bits per heavy atom. The van der Waals surface area contributed by atoms with Crippen LogP contribution >= 0.6 is 0 Å². The van der Waals surface area contributed by atoms with Gasteiger partial charge in [0, 0.05) is 18.3 Å². The molecule has 0 spiro atoms. The number of benzene rings is 2. The second kappa shape index (κ2) is 5.72. The number of hydrogen-bond donors (Lipinski definition) is 1. The van der Waals surface area contributed by atoms with Crippen LogP contribution in [0.2, 0.25) is 0 Å². The number of hydrogen-bond acceptors (Lipinski definition) is 2. The fraction of sp³-hybridized carbons (Fsp3) is 0.105. The van der Waals surface area contributed by atoms with Gasteiger partial charge in [-0.1, -0.05) is 42.5 Å². The molecule has 1 aliphatic rings. The summed E-state index contributed by atoms with van der Waals surface area (Å²) in [6.45, 7) is 1.51. The van der Waals surface area contributed by atoms with E-state index in [1.807, 2.05) is 54.7 Å². The Balaban J connectivity index is 1.53. The van der Waals surface area contributed by atoms with Crippen LogP contribution in [0.5, 0.6) is 0 Å². The lowest BCUT2D eigenvalue weighted by Crippen LogP contribution is -2.19. The molecule has 0 saturated heterocycles. The molecule has 114 valence electrons. The maximum Gasteiger partial charge on any atom is 0.138 e. The fourth-order valence-electron chi connectivity index (χ4n) is 2.78. The molecule has 3 aromatic rings. The van der Waals surface area contributed by atoms with Crippen molar-refractivity contribution in [1.29, 1.82) is 0 Å². The minimum atomic E-state index is -0.203. The molecular weight excluding hydrogens is 289 g/mol. The maximum absolute atomic E-state index is 13.0. The molecule has 3 nitrogen and oxygen atoms in total. The Morgan fingerprint density at radius 1 is 1.04 bits per heavy atom. The van der Waals surface area contributed by atoms with Crippen LogP contribution < -0.4 is 0 Å². The molecule has 0 amide bonds. The normalized spacial score (nSPS) is 13.2. The highest BCUT2D eigenvalue weighted by Gasteiger charge is 2.16. The Bertz CT molecular complexity index is 835. The van der Waals surface area contributed by atoms with E-state index < -0.39 is 0 Å². The molecule has 4 heteroatoms. The summed E-state index contributed by atoms with van der Waals surface area (Å²) in [6, 6.07) is 16.7. The highest BCUT2D eigenvalue weighted by molar-refractivity contribution is 5.60. The zero-order valence-electron chi connectivity index (χ0n) is 12.5. The second-order valence-electron chi connectivity index (χ2n) is 5.66. The van der Waals surface area contributed by atoms with Gasteiger partial charge in [0.25, 0.3) is 0 Å². The number of nitrogens with one attached hydrogen (secondary N) is 1. The molecule has 0 aliphatic carbocycles. The summed E-state index contributed by atoms with van der Waals surface area (Å²) in [5.74, 6) is 0.690. The lowest BCUT2D eigenvalue weighted by Gasteiger charge is -2.23. The average Bonchev–Trinajstić information content (AvgIpc) is 3.01. The van der Waals surface area contributed by atoms with Gasteiger partial charge < -0.3 is 9.88 Å². The average molecular weight is 305 g/mol. The molecule has 1 N–H and O–H groups in total. The van der Waals surface area contributed by atoms with E-state index in [1.54, 1.807) is 0 Å². The fourth-order valence-corrected chi connectivity index (χ4v) is 2.78. The van der Waals surface area contributed by atoms with Gasteiger partial charge in [0.1, 0.15) is 11.6 Å². The number of fused-ring (bicyclic) bond motifs is 1. The number of halogens is 1. The van der Waals surface area contributed by atoms with Gasteiger partial charge in [0.15, 0.2) is 0 Å². The number of aromatic amines is 1. The van der Waals surface area contributed by atoms with Crippen molar-refractivity contribution in [3.63, 3.8) is 0 Å². The zero-order valence-corrected chi connectivity index (χ0v) is 12.5. The second-order valence-corrected chi connectivity index (χ2v) is 5.66. The smallest absolute Gasteiger partial charge is 0.138 e. The predicted octanol–water partition coefficient (Wildman–Crippen LogP) is 4.20. The number of nitrogens with zero attached hydrogens (tertiary/aromatic N) is 2. The molecular formula is C19H16FN3. The highest BCUT2D eigenvalue weighted by atomic mass is 19.1. The van der Waals surface area contributed by atoms with Crippen molar-refractivity contribution in [2.24, 2.45) is 0 Å². The first-order chi connectivity index (χ1) is 11.3. The molecule has 23 heavy (non-hydrogen) atoms. The summed E-state index contributed by atoms with van der Waals surface area (Å²) in [4.78, 5) is 10.2. The summed E-state index contributed by atoms with van der Waals surface area (Å²) in [5, 5.41) is 0. The lowest BCUT2D eigenvalue weighted by atomic mass is 10.2. The van der Waals surface area contributed by atoms with Crippen LogP contribution in [0.25, 0.3) is 17.5 Å². The molecule has 0 radical (unpaired) electrons. The molecule has 2 aromatic carbocycles. The van der Waals surface area contributed by atoms with E-state index in [2.05, 4.69) is 14.9 Å². The predicted molar refractivity (Wildman–Crippen MR) is 88.7 cm³/mol. The maximum atomic E-state index is 13.0. The van der Waals surface area contributed by atoms with E-state index in [0.717, 1.165) is 41.4 Å². The van der Waals surface area contributed by atoms with Crippen molar-refractivity contribution < 1.29 is 4.39 Å². The van der Waals surface area contributed by atoms with Crippen LogP contribution in [-0.4, -0.2) is 14.9 Å². The van der Waals surface area contributed by atoms with Crippen molar-refractivity contribution in [2.75, 3.05) is 0 Å². The van der Waals surface area contributed by atoms with Crippen LogP contribution in [0.1, 0.15) is 17.0 Å². The number of aromatic nitrogens is 2. The monoisotopic (exact) mass is 305 g/mol. The molecule has 0 fully saturated rings. The number of imidazole rings is 1. The minimum absolute atomic E-state index is 0.203. The van der Waals surface area contributed by atoms with Gasteiger partial charge in [0.05, 0.1) is 17.9 Å². The van der Waals surface area contributed by atoms with Gasteiger partial charge in [-0.25, -0.2) is 9.37 Å². The standard InChI is InChI=1S/C19H16FN3/c20-16-8-6-14(7-9-16)12-23-11-10-17-18(13-23)22-19(21-17)15-4-2-1-3-5-15/h1-11H,12-13H2,(H,21,22). The van der Waals surface area contributed by atoms with Gasteiger partial charge in [0.2, 0.25) is 0 Å². The molecule has 0 atom stereocenters. The van der Waals surface area contributed by atoms with Crippen LogP contribution in [-0.2, 0) is 13.1 Å². The quantitative estimate of drug-likeness (QED) is 0.786. The lowest BCUT2D eigenvalue weighted by molar-refractivity contribution is 0.355. The first-order valence-corrected chi connectivity index (χ1v) is 7.59. The van der Waals surface area contributed by atoms with Crippen LogP contribution in [0.3, 0.4) is 0 Å². The van der Waals surface area contributed by atoms with Crippen molar-refractivity contribution in [3.8, 4) is 11.4 Å². The molecule has 2 heterocycles. The minimum Gasteiger partial charge on any atom is -0.367 e. The van der Waals surface area contributed by atoms with Crippen LogP contribution in [0, 0.1) is 5.82 Å². The van der Waals surface area contributed by atoms with Crippen molar-refractivity contribution in [3.05, 3.63) is 83.6 Å². The van der Waals surface area contributed by atoms with Crippen molar-refractivity contribution >= 4 is 6.08 Å². The summed E-state index contributed by atoms with van der Waals surface area (Å²) < 4.78 is 13.0. The Morgan fingerprint density at radius 2 is 1.83 bits per heavy atom. The van der Waals surface area contributed by atoms with Crippen LogP contribution in [0.15, 0.2) is 60.8 Å². The van der Waals surface area contributed by atoms with Gasteiger partial charge >= 0.3 is 0 Å². The molecule has 0 saturated carbocycles. The summed E-state index contributed by atoms with van der Waals surface area (Å²) in [7, 11) is 0. The first-order valence-electron chi connectivity index (χ1n) is 7.59. The highest BCUT2D eigenvalue weighted by Crippen LogP contribution is 2.24. The van der Waals surface area contributed by atoms with Gasteiger partial charge in [-0.3, -0.25) is 0 Å². The van der Waals surface area contributed by atoms with E-state index >= 15 is 0 Å². The Labute approximate surface area is 134 Å². The van der Waals surface area contributed by atoms with E-state index in [1.165, 1.54) is 12.1 Å². The molecule has 0 bridgehead atoms. The van der Waals surface area contributed by atoms with E-state index in [4.69, 9.17) is 0 Å². The molecule has 4 rings (SSSR count). The van der Waals surface area contributed by atoms with Gasteiger partial charge in [-0.15, -0.1) is 0 Å².